The average molecular weight is 435 g/mol. The lowest BCUT2D eigenvalue weighted by molar-refractivity contribution is -0.124. The van der Waals surface area contributed by atoms with E-state index in [1.807, 2.05) is 44.2 Å². The molecule has 168 valence electrons. The van der Waals surface area contributed by atoms with E-state index < -0.39 is 0 Å². The standard InChI is InChI=1S/C25H30N4O3/c1-18(2)24-27-25(32-28-24)20-8-10-22(11-9-20)31-17-23(30)26-21-12-14-29(15-13-21)16-19-6-4-3-5-7-19/h3-11,18,21H,12-17H2,1-2H3,(H,26,30). The van der Waals surface area contributed by atoms with Crippen molar-refractivity contribution < 1.29 is 14.1 Å². The van der Waals surface area contributed by atoms with Crippen molar-refractivity contribution in [2.24, 2.45) is 0 Å². The van der Waals surface area contributed by atoms with Crippen molar-refractivity contribution in [3.8, 4) is 17.2 Å². The van der Waals surface area contributed by atoms with Crippen molar-refractivity contribution in [1.29, 1.82) is 0 Å². The Bertz CT molecular complexity index is 994. The lowest BCUT2D eigenvalue weighted by atomic mass is 10.0. The van der Waals surface area contributed by atoms with Crippen molar-refractivity contribution in [2.75, 3.05) is 19.7 Å². The van der Waals surface area contributed by atoms with Crippen molar-refractivity contribution in [3.63, 3.8) is 0 Å². The van der Waals surface area contributed by atoms with Gasteiger partial charge in [-0.25, -0.2) is 0 Å². The molecule has 0 radical (unpaired) electrons. The van der Waals surface area contributed by atoms with E-state index in [1.165, 1.54) is 5.56 Å². The van der Waals surface area contributed by atoms with Crippen LogP contribution in [0.5, 0.6) is 5.75 Å². The molecule has 1 aromatic heterocycles. The Morgan fingerprint density at radius 3 is 2.50 bits per heavy atom. The summed E-state index contributed by atoms with van der Waals surface area (Å²) in [6.07, 6.45) is 1.91. The molecule has 4 rings (SSSR count). The number of likely N-dealkylation sites (tertiary alicyclic amines) is 1. The van der Waals surface area contributed by atoms with Gasteiger partial charge in [-0.1, -0.05) is 49.3 Å². The average Bonchev–Trinajstić information content (AvgIpc) is 3.31. The van der Waals surface area contributed by atoms with E-state index in [4.69, 9.17) is 9.26 Å². The Morgan fingerprint density at radius 2 is 1.84 bits per heavy atom. The third kappa shape index (κ3) is 5.95. The molecule has 1 N–H and O–H groups in total. The number of ether oxygens (including phenoxy) is 1. The predicted molar refractivity (Wildman–Crippen MR) is 122 cm³/mol. The van der Waals surface area contributed by atoms with Crippen LogP contribution in [0.4, 0.5) is 0 Å². The second kappa shape index (κ2) is 10.4. The molecule has 3 aromatic rings. The minimum absolute atomic E-state index is 0.00162. The fourth-order valence-corrected chi connectivity index (χ4v) is 3.78. The molecule has 0 unspecified atom stereocenters. The number of benzene rings is 2. The summed E-state index contributed by atoms with van der Waals surface area (Å²) in [4.78, 5) is 19.2. The van der Waals surface area contributed by atoms with Crippen LogP contribution in [0.25, 0.3) is 11.5 Å². The zero-order chi connectivity index (χ0) is 22.3. The van der Waals surface area contributed by atoms with Crippen molar-refractivity contribution >= 4 is 5.91 Å². The molecule has 0 saturated carbocycles. The molecule has 0 spiro atoms. The Kier molecular flexibility index (Phi) is 7.17. The van der Waals surface area contributed by atoms with Crippen LogP contribution < -0.4 is 10.1 Å². The first-order valence-corrected chi connectivity index (χ1v) is 11.2. The SMILES string of the molecule is CC(C)c1noc(-c2ccc(OCC(=O)NC3CCN(Cc4ccccc4)CC3)cc2)n1. The van der Waals surface area contributed by atoms with Crippen LogP contribution in [0.3, 0.4) is 0 Å². The number of amides is 1. The van der Waals surface area contributed by atoms with Gasteiger partial charge in [0, 0.05) is 37.2 Å². The van der Waals surface area contributed by atoms with Gasteiger partial charge in [0.15, 0.2) is 12.4 Å². The highest BCUT2D eigenvalue weighted by atomic mass is 16.5. The van der Waals surface area contributed by atoms with Gasteiger partial charge in [-0.3, -0.25) is 9.69 Å². The maximum absolute atomic E-state index is 12.3. The summed E-state index contributed by atoms with van der Waals surface area (Å²) in [6, 6.07) is 18.0. The second-order valence-electron chi connectivity index (χ2n) is 8.53. The van der Waals surface area contributed by atoms with Gasteiger partial charge >= 0.3 is 0 Å². The minimum Gasteiger partial charge on any atom is -0.484 e. The fourth-order valence-electron chi connectivity index (χ4n) is 3.78. The van der Waals surface area contributed by atoms with Crippen LogP contribution in [0.1, 0.15) is 44.0 Å². The molecule has 0 atom stereocenters. The van der Waals surface area contributed by atoms with E-state index in [0.717, 1.165) is 38.0 Å². The third-order valence-corrected chi connectivity index (χ3v) is 5.63. The number of piperidine rings is 1. The first kappa shape index (κ1) is 22.0. The Labute approximate surface area is 188 Å². The molecule has 1 aliphatic heterocycles. The van der Waals surface area contributed by atoms with E-state index in [2.05, 4.69) is 44.6 Å². The van der Waals surface area contributed by atoms with Crippen LogP contribution in [0, 0.1) is 0 Å². The topological polar surface area (TPSA) is 80.5 Å². The molecular weight excluding hydrogens is 404 g/mol. The number of carbonyl (C=O) groups is 1. The first-order valence-electron chi connectivity index (χ1n) is 11.2. The quantitative estimate of drug-likeness (QED) is 0.577. The molecule has 7 nitrogen and oxygen atoms in total. The maximum atomic E-state index is 12.3. The second-order valence-corrected chi connectivity index (χ2v) is 8.53. The summed E-state index contributed by atoms with van der Waals surface area (Å²) < 4.78 is 11.0. The van der Waals surface area contributed by atoms with Crippen molar-refractivity contribution in [1.82, 2.24) is 20.4 Å². The van der Waals surface area contributed by atoms with Gasteiger partial charge in [-0.15, -0.1) is 0 Å². The molecule has 2 aromatic carbocycles. The highest BCUT2D eigenvalue weighted by Crippen LogP contribution is 2.22. The lowest BCUT2D eigenvalue weighted by Gasteiger charge is -2.32. The maximum Gasteiger partial charge on any atom is 0.258 e. The summed E-state index contributed by atoms with van der Waals surface area (Å²) in [6.45, 7) is 6.96. The number of aromatic nitrogens is 2. The van der Waals surface area contributed by atoms with Crippen LogP contribution in [-0.4, -0.2) is 46.7 Å². The lowest BCUT2D eigenvalue weighted by Crippen LogP contribution is -2.45. The van der Waals surface area contributed by atoms with E-state index in [9.17, 15) is 4.79 Å². The number of nitrogens with one attached hydrogen (secondary N) is 1. The van der Waals surface area contributed by atoms with E-state index in [-0.39, 0.29) is 24.5 Å². The molecule has 2 heterocycles. The Morgan fingerprint density at radius 1 is 1.12 bits per heavy atom. The van der Waals surface area contributed by atoms with Crippen molar-refractivity contribution in [3.05, 3.63) is 66.0 Å². The summed E-state index contributed by atoms with van der Waals surface area (Å²) in [7, 11) is 0. The summed E-state index contributed by atoms with van der Waals surface area (Å²) in [5, 5.41) is 7.08. The molecule has 1 saturated heterocycles. The molecular formula is C25H30N4O3. The zero-order valence-corrected chi connectivity index (χ0v) is 18.7. The van der Waals surface area contributed by atoms with Crippen molar-refractivity contribution in [2.45, 2.75) is 45.2 Å². The number of hydrogen-bond donors (Lipinski definition) is 1. The van der Waals surface area contributed by atoms with Gasteiger partial charge in [-0.05, 0) is 42.7 Å². The summed E-state index contributed by atoms with van der Waals surface area (Å²) in [5.74, 6) is 1.92. The minimum atomic E-state index is -0.0888. The Hall–Kier alpha value is -3.19. The molecule has 0 bridgehead atoms. The largest absolute Gasteiger partial charge is 0.484 e. The molecule has 1 fully saturated rings. The highest BCUT2D eigenvalue weighted by Gasteiger charge is 2.21. The monoisotopic (exact) mass is 434 g/mol. The fraction of sp³-hybridized carbons (Fsp3) is 0.400. The van der Waals surface area contributed by atoms with Crippen LogP contribution in [-0.2, 0) is 11.3 Å². The highest BCUT2D eigenvalue weighted by molar-refractivity contribution is 5.77. The van der Waals surface area contributed by atoms with Gasteiger partial charge in [-0.2, -0.15) is 4.98 Å². The number of hydrogen-bond acceptors (Lipinski definition) is 6. The Balaban J connectivity index is 1.19. The molecule has 7 heteroatoms. The predicted octanol–water partition coefficient (Wildman–Crippen LogP) is 4.02. The van der Waals surface area contributed by atoms with Crippen LogP contribution in [0.2, 0.25) is 0 Å². The van der Waals surface area contributed by atoms with Gasteiger partial charge in [0.05, 0.1) is 0 Å². The van der Waals surface area contributed by atoms with Gasteiger partial charge in [0.25, 0.3) is 11.8 Å². The number of carbonyl (C=O) groups excluding carboxylic acids is 1. The molecule has 1 amide bonds. The summed E-state index contributed by atoms with van der Waals surface area (Å²) in [5.41, 5.74) is 2.15. The van der Waals surface area contributed by atoms with Gasteiger partial charge < -0.3 is 14.6 Å². The summed E-state index contributed by atoms with van der Waals surface area (Å²) >= 11 is 0. The van der Waals surface area contributed by atoms with E-state index in [0.29, 0.717) is 17.5 Å². The van der Waals surface area contributed by atoms with Gasteiger partial charge in [0.1, 0.15) is 5.75 Å². The van der Waals surface area contributed by atoms with Crippen LogP contribution in [0.15, 0.2) is 59.1 Å². The molecule has 1 aliphatic rings. The molecule has 32 heavy (non-hydrogen) atoms. The molecule has 0 aliphatic carbocycles. The zero-order valence-electron chi connectivity index (χ0n) is 18.7. The smallest absolute Gasteiger partial charge is 0.258 e. The van der Waals surface area contributed by atoms with Crippen LogP contribution >= 0.6 is 0 Å². The first-order chi connectivity index (χ1) is 15.6. The third-order valence-electron chi connectivity index (χ3n) is 5.63. The number of nitrogens with zero attached hydrogens (tertiary/aromatic N) is 3. The van der Waals surface area contributed by atoms with Gasteiger partial charge in [0.2, 0.25) is 0 Å². The number of rotatable bonds is 8. The normalized spacial score (nSPS) is 15.1. The van der Waals surface area contributed by atoms with E-state index in [1.54, 1.807) is 0 Å². The van der Waals surface area contributed by atoms with E-state index >= 15 is 0 Å².